The SMILES string of the molecule is CCn1c(-c2cccnc2[C@H](C)OC)c2c3cc(ccc31)-c1csc(n1)C[C@H](NC(=O)[C@H](C(C)C)N(C)C(=O)N(C)C1COC1)C(=O)N1CCC[C@H](N1)C(=O)OCC(C)(C)C2. The van der Waals surface area contributed by atoms with Gasteiger partial charge in [-0.2, -0.15) is 0 Å². The number of urea groups is 1. The number of likely N-dealkylation sites (N-methyl/N-ethyl adjacent to an activating group) is 2. The highest BCUT2D eigenvalue weighted by Gasteiger charge is 2.39. The van der Waals surface area contributed by atoms with Crippen LogP contribution < -0.4 is 10.7 Å². The molecule has 2 N–H and O–H groups in total. The Kier molecular flexibility index (Phi) is 13.2. The number of fused-ring (bicyclic) bond motifs is 6. The first kappa shape index (κ1) is 44.2. The highest BCUT2D eigenvalue weighted by Crippen LogP contribution is 2.42. The topological polar surface area (TPSA) is 160 Å². The van der Waals surface area contributed by atoms with Crippen molar-refractivity contribution in [3.8, 4) is 22.5 Å². The van der Waals surface area contributed by atoms with Gasteiger partial charge in [0.2, 0.25) is 5.91 Å². The Morgan fingerprint density at radius 3 is 2.61 bits per heavy atom. The molecule has 16 heteroatoms. The second-order valence-electron chi connectivity index (χ2n) is 17.7. The van der Waals surface area contributed by atoms with Gasteiger partial charge in [0.05, 0.1) is 54.1 Å². The number of carbonyl (C=O) groups excluding carboxylic acids is 4. The van der Waals surface area contributed by atoms with Crippen molar-refractivity contribution in [2.45, 2.75) is 104 Å². The largest absolute Gasteiger partial charge is 0.464 e. The molecule has 4 atom stereocenters. The van der Waals surface area contributed by atoms with Crippen LogP contribution in [0.5, 0.6) is 0 Å². The van der Waals surface area contributed by atoms with Crippen LogP contribution in [-0.2, 0) is 48.0 Å². The smallest absolute Gasteiger partial charge is 0.324 e. The van der Waals surface area contributed by atoms with Crippen LogP contribution in [0.25, 0.3) is 33.4 Å². The Bertz CT molecular complexity index is 2270. The summed E-state index contributed by atoms with van der Waals surface area (Å²) in [5.74, 6) is -1.57. The number of hydrogen-bond acceptors (Lipinski definition) is 11. The van der Waals surface area contributed by atoms with E-state index >= 15 is 0 Å². The predicted molar refractivity (Wildman–Crippen MR) is 233 cm³/mol. The fraction of sp³-hybridized carbons (Fsp3) is 0.556. The maximum atomic E-state index is 14.5. The number of aryl methyl sites for hydroxylation is 1. The van der Waals surface area contributed by atoms with Crippen LogP contribution in [0.1, 0.15) is 76.8 Å². The summed E-state index contributed by atoms with van der Waals surface area (Å²) in [6.07, 6.45) is 3.27. The van der Waals surface area contributed by atoms with Crippen molar-refractivity contribution >= 4 is 46.1 Å². The lowest BCUT2D eigenvalue weighted by molar-refractivity contribution is -0.155. The van der Waals surface area contributed by atoms with Crippen molar-refractivity contribution < 1.29 is 33.4 Å². The van der Waals surface area contributed by atoms with Crippen LogP contribution in [0.2, 0.25) is 0 Å². The number of carbonyl (C=O) groups is 4. The van der Waals surface area contributed by atoms with E-state index in [9.17, 15) is 19.2 Å². The van der Waals surface area contributed by atoms with E-state index in [-0.39, 0.29) is 37.1 Å². The van der Waals surface area contributed by atoms with E-state index in [1.165, 1.54) is 21.2 Å². The van der Waals surface area contributed by atoms with Gasteiger partial charge in [-0.05, 0) is 68.9 Å². The number of hydrogen-bond donors (Lipinski definition) is 2. The summed E-state index contributed by atoms with van der Waals surface area (Å²) >= 11 is 1.42. The minimum absolute atomic E-state index is 0.0659. The van der Waals surface area contributed by atoms with Crippen LogP contribution in [0.15, 0.2) is 41.9 Å². The minimum atomic E-state index is -1.05. The predicted octanol–water partition coefficient (Wildman–Crippen LogP) is 5.61. The van der Waals surface area contributed by atoms with Gasteiger partial charge in [0, 0.05) is 79.7 Å². The second kappa shape index (κ2) is 18.2. The summed E-state index contributed by atoms with van der Waals surface area (Å²) in [5.41, 5.74) is 9.35. The molecular weight excluding hydrogens is 797 g/mol. The standard InChI is InChI=1S/C45H60N8O7S/c1-10-52-36-16-15-28-19-31(36)32(40(52)30-13-11-17-46-38(30)27(4)58-9)21-45(5,6)25-60-43(56)33-14-12-18-53(49-33)42(55)34(20-37-47-35(28)24-61-37)48-41(54)39(26(2)3)51(8)44(57)50(7)29-22-59-23-29/h11,13,15-17,19,24,26-27,29,33-34,39,49H,10,12,14,18,20-23,25H2,1-9H3,(H,48,54)/t27-,33-,34-,39-/m0/s1. The van der Waals surface area contributed by atoms with E-state index in [4.69, 9.17) is 24.2 Å². The van der Waals surface area contributed by atoms with Gasteiger partial charge in [0.15, 0.2) is 0 Å². The van der Waals surface area contributed by atoms with Gasteiger partial charge in [-0.15, -0.1) is 11.3 Å². The van der Waals surface area contributed by atoms with E-state index in [1.807, 2.05) is 32.2 Å². The van der Waals surface area contributed by atoms with Crippen LogP contribution >= 0.6 is 11.3 Å². The monoisotopic (exact) mass is 856 g/mol. The third-order valence-electron chi connectivity index (χ3n) is 12.2. The molecule has 15 nitrogen and oxygen atoms in total. The summed E-state index contributed by atoms with van der Waals surface area (Å²) < 4.78 is 19.5. The molecular formula is C45H60N8O7S. The third-order valence-corrected chi connectivity index (χ3v) is 13.1. The van der Waals surface area contributed by atoms with E-state index in [1.54, 1.807) is 32.3 Å². The lowest BCUT2D eigenvalue weighted by atomic mass is 9.84. The number of amides is 4. The van der Waals surface area contributed by atoms with Gasteiger partial charge in [-0.1, -0.05) is 33.8 Å². The number of methoxy groups -OCH3 is 1. The van der Waals surface area contributed by atoms with Gasteiger partial charge in [-0.25, -0.2) is 15.2 Å². The summed E-state index contributed by atoms with van der Waals surface area (Å²) in [6, 6.07) is 7.38. The molecule has 2 fully saturated rings. The van der Waals surface area contributed by atoms with Gasteiger partial charge in [0.1, 0.15) is 18.1 Å². The maximum Gasteiger partial charge on any atom is 0.324 e. The molecule has 2 saturated heterocycles. The Morgan fingerprint density at radius 1 is 1.15 bits per heavy atom. The number of pyridine rings is 1. The summed E-state index contributed by atoms with van der Waals surface area (Å²) in [4.78, 5) is 69.1. The number of aromatic nitrogens is 3. The molecule has 0 unspecified atom stereocenters. The number of cyclic esters (lactones) is 1. The summed E-state index contributed by atoms with van der Waals surface area (Å²) in [7, 11) is 5.01. The zero-order valence-corrected chi connectivity index (χ0v) is 37.6. The fourth-order valence-corrected chi connectivity index (χ4v) is 9.57. The Hall–Kier alpha value is -4.90. The number of thiazole rings is 1. The van der Waals surface area contributed by atoms with E-state index < -0.39 is 41.3 Å². The zero-order valence-electron chi connectivity index (χ0n) is 36.8. The molecule has 0 aliphatic carbocycles. The molecule has 6 heterocycles. The lowest BCUT2D eigenvalue weighted by Gasteiger charge is -2.40. The minimum Gasteiger partial charge on any atom is -0.464 e. The Balaban J connectivity index is 1.29. The number of nitrogens with one attached hydrogen (secondary N) is 2. The van der Waals surface area contributed by atoms with Crippen LogP contribution in [0, 0.1) is 11.3 Å². The van der Waals surface area contributed by atoms with Crippen molar-refractivity contribution in [2.24, 2.45) is 11.3 Å². The molecule has 1 aromatic carbocycles. The number of benzene rings is 1. The number of ether oxygens (including phenoxy) is 3. The van der Waals surface area contributed by atoms with E-state index in [2.05, 4.69) is 60.3 Å². The molecule has 0 spiro atoms. The molecule has 0 radical (unpaired) electrons. The molecule has 7 rings (SSSR count). The number of hydrazine groups is 1. The first-order valence-corrected chi connectivity index (χ1v) is 22.2. The lowest BCUT2D eigenvalue weighted by Crippen LogP contribution is -2.63. The van der Waals surface area contributed by atoms with Crippen molar-refractivity contribution in [3.63, 3.8) is 0 Å². The molecule has 0 saturated carbocycles. The van der Waals surface area contributed by atoms with Crippen LogP contribution in [0.3, 0.4) is 0 Å². The van der Waals surface area contributed by atoms with Crippen molar-refractivity contribution in [1.82, 2.24) is 40.1 Å². The van der Waals surface area contributed by atoms with Gasteiger partial charge in [0.25, 0.3) is 5.91 Å². The molecule has 3 aliphatic rings. The normalized spacial score (nSPS) is 20.7. The fourth-order valence-electron chi connectivity index (χ4n) is 8.72. The number of rotatable bonds is 9. The van der Waals surface area contributed by atoms with Gasteiger partial charge < -0.3 is 33.9 Å². The van der Waals surface area contributed by atoms with Crippen molar-refractivity contribution in [2.75, 3.05) is 47.6 Å². The first-order valence-electron chi connectivity index (χ1n) is 21.3. The number of nitrogens with zero attached hydrogens (tertiary/aromatic N) is 6. The van der Waals surface area contributed by atoms with Crippen LogP contribution in [0.4, 0.5) is 4.79 Å². The molecule has 328 valence electrons. The first-order chi connectivity index (χ1) is 29.1. The molecule has 3 aliphatic heterocycles. The molecule has 6 bridgehead atoms. The van der Waals surface area contributed by atoms with Gasteiger partial charge in [-0.3, -0.25) is 24.4 Å². The third kappa shape index (κ3) is 9.04. The average Bonchev–Trinajstić information content (AvgIpc) is 3.82. The summed E-state index contributed by atoms with van der Waals surface area (Å²) in [6.45, 7) is 14.1. The average molecular weight is 857 g/mol. The quantitative estimate of drug-likeness (QED) is 0.203. The summed E-state index contributed by atoms with van der Waals surface area (Å²) in [5, 5.41) is 8.15. The number of esters is 1. The molecule has 4 amide bonds. The van der Waals surface area contributed by atoms with E-state index in [0.29, 0.717) is 50.6 Å². The molecule has 3 aromatic heterocycles. The van der Waals surface area contributed by atoms with E-state index in [0.717, 1.165) is 44.7 Å². The maximum absolute atomic E-state index is 14.5. The zero-order chi connectivity index (χ0) is 43.7. The molecule has 4 aromatic rings. The second-order valence-corrected chi connectivity index (χ2v) is 18.6. The van der Waals surface area contributed by atoms with Gasteiger partial charge >= 0.3 is 12.0 Å². The Morgan fingerprint density at radius 2 is 1.92 bits per heavy atom. The Labute approximate surface area is 362 Å². The highest BCUT2D eigenvalue weighted by atomic mass is 32.1. The molecule has 61 heavy (non-hydrogen) atoms. The van der Waals surface area contributed by atoms with Crippen molar-refractivity contribution in [3.05, 3.63) is 58.2 Å². The van der Waals surface area contributed by atoms with Crippen molar-refractivity contribution in [1.29, 1.82) is 0 Å². The van der Waals surface area contributed by atoms with Crippen LogP contribution in [-0.4, -0.2) is 125 Å². The highest BCUT2D eigenvalue weighted by molar-refractivity contribution is 7.10.